The average Bonchev–Trinajstić information content (AvgIpc) is 2.12. The van der Waals surface area contributed by atoms with Crippen LogP contribution in [-0.4, -0.2) is 5.78 Å². The smallest absolute Gasteiger partial charge is 0.163 e. The van der Waals surface area contributed by atoms with Crippen LogP contribution in [0.5, 0.6) is 0 Å². The van der Waals surface area contributed by atoms with Gasteiger partial charge in [-0.25, -0.2) is 4.39 Å². The van der Waals surface area contributed by atoms with Gasteiger partial charge < -0.3 is 0 Å². The molecule has 1 unspecified atom stereocenters. The molecule has 0 saturated carbocycles. The number of hydrogen-bond donors (Lipinski definition) is 0. The molecule has 0 radical (unpaired) electrons. The Morgan fingerprint density at radius 2 is 2.23 bits per heavy atom. The Kier molecular flexibility index (Phi) is 1.91. The third-order valence-electron chi connectivity index (χ3n) is 2.65. The standard InChI is InChI=1S/C11H11FO/c1-7-2-5-11(13)10-6-8(12)3-4-9(7)10/h3-4,6-7H,2,5H2,1H3. The summed E-state index contributed by atoms with van der Waals surface area (Å²) in [4.78, 5) is 11.4. The van der Waals surface area contributed by atoms with Gasteiger partial charge in [0.15, 0.2) is 5.78 Å². The van der Waals surface area contributed by atoms with E-state index in [1.54, 1.807) is 6.07 Å². The molecule has 2 heteroatoms. The van der Waals surface area contributed by atoms with Gasteiger partial charge in [-0.2, -0.15) is 0 Å². The van der Waals surface area contributed by atoms with Gasteiger partial charge in [0.25, 0.3) is 0 Å². The maximum atomic E-state index is 12.8. The largest absolute Gasteiger partial charge is 0.294 e. The van der Waals surface area contributed by atoms with Crippen molar-refractivity contribution in [3.05, 3.63) is 35.1 Å². The predicted molar refractivity (Wildman–Crippen MR) is 48.4 cm³/mol. The zero-order valence-electron chi connectivity index (χ0n) is 7.51. The average molecular weight is 178 g/mol. The van der Waals surface area contributed by atoms with Crippen LogP contribution in [0.15, 0.2) is 18.2 Å². The van der Waals surface area contributed by atoms with E-state index >= 15 is 0 Å². The summed E-state index contributed by atoms with van der Waals surface area (Å²) < 4.78 is 12.8. The highest BCUT2D eigenvalue weighted by Crippen LogP contribution is 2.31. The molecular weight excluding hydrogens is 167 g/mol. The Morgan fingerprint density at radius 3 is 3.00 bits per heavy atom. The molecule has 0 bridgehead atoms. The van der Waals surface area contributed by atoms with Crippen LogP contribution < -0.4 is 0 Å². The zero-order chi connectivity index (χ0) is 9.42. The molecule has 0 saturated heterocycles. The first kappa shape index (κ1) is 8.42. The minimum Gasteiger partial charge on any atom is -0.294 e. The van der Waals surface area contributed by atoms with E-state index in [1.807, 2.05) is 0 Å². The summed E-state index contributed by atoms with van der Waals surface area (Å²) in [5.74, 6) is 0.141. The molecular formula is C11H11FO. The molecule has 0 spiro atoms. The molecule has 1 aromatic rings. The van der Waals surface area contributed by atoms with Crippen LogP contribution in [0.4, 0.5) is 4.39 Å². The fourth-order valence-electron chi connectivity index (χ4n) is 1.84. The summed E-state index contributed by atoms with van der Waals surface area (Å²) in [7, 11) is 0. The van der Waals surface area contributed by atoms with Crippen molar-refractivity contribution in [2.75, 3.05) is 0 Å². The van der Waals surface area contributed by atoms with Crippen molar-refractivity contribution in [1.82, 2.24) is 0 Å². The summed E-state index contributed by atoms with van der Waals surface area (Å²) in [5.41, 5.74) is 1.58. The predicted octanol–water partition coefficient (Wildman–Crippen LogP) is 2.91. The monoisotopic (exact) mass is 178 g/mol. The van der Waals surface area contributed by atoms with Gasteiger partial charge in [0.05, 0.1) is 0 Å². The van der Waals surface area contributed by atoms with E-state index < -0.39 is 0 Å². The van der Waals surface area contributed by atoms with Crippen LogP contribution in [-0.2, 0) is 0 Å². The summed E-state index contributed by atoms with van der Waals surface area (Å²) in [6.07, 6.45) is 1.44. The normalized spacial score (nSPS) is 21.4. The minimum absolute atomic E-state index is 0.0765. The molecule has 0 amide bonds. The van der Waals surface area contributed by atoms with Crippen LogP contribution in [0.2, 0.25) is 0 Å². The Bertz CT molecular complexity index is 357. The highest BCUT2D eigenvalue weighted by Gasteiger charge is 2.22. The third-order valence-corrected chi connectivity index (χ3v) is 2.65. The van der Waals surface area contributed by atoms with Gasteiger partial charge in [-0.15, -0.1) is 0 Å². The van der Waals surface area contributed by atoms with E-state index in [-0.39, 0.29) is 11.6 Å². The van der Waals surface area contributed by atoms with Gasteiger partial charge >= 0.3 is 0 Å². The second kappa shape index (κ2) is 2.95. The first-order valence-corrected chi connectivity index (χ1v) is 4.51. The van der Waals surface area contributed by atoms with E-state index in [2.05, 4.69) is 6.92 Å². The first-order valence-electron chi connectivity index (χ1n) is 4.51. The van der Waals surface area contributed by atoms with Crippen LogP contribution in [0.1, 0.15) is 41.6 Å². The quantitative estimate of drug-likeness (QED) is 0.597. The molecule has 0 fully saturated rings. The number of hydrogen-bond acceptors (Lipinski definition) is 1. The SMILES string of the molecule is CC1CCC(=O)c2cc(F)ccc21. The molecule has 68 valence electrons. The maximum absolute atomic E-state index is 12.8. The van der Waals surface area contributed by atoms with Crippen molar-refractivity contribution in [2.24, 2.45) is 0 Å². The molecule has 0 aromatic heterocycles. The Morgan fingerprint density at radius 1 is 1.46 bits per heavy atom. The van der Waals surface area contributed by atoms with Crippen molar-refractivity contribution in [2.45, 2.75) is 25.7 Å². The van der Waals surface area contributed by atoms with E-state index in [0.29, 0.717) is 17.9 Å². The second-order valence-electron chi connectivity index (χ2n) is 3.59. The van der Waals surface area contributed by atoms with Gasteiger partial charge in [-0.05, 0) is 30.0 Å². The number of rotatable bonds is 0. The van der Waals surface area contributed by atoms with Gasteiger partial charge in [-0.1, -0.05) is 13.0 Å². The number of carbonyl (C=O) groups excluding carboxylic acids is 1. The first-order chi connectivity index (χ1) is 6.18. The van der Waals surface area contributed by atoms with Crippen molar-refractivity contribution in [3.8, 4) is 0 Å². The fourth-order valence-corrected chi connectivity index (χ4v) is 1.84. The highest BCUT2D eigenvalue weighted by atomic mass is 19.1. The van der Waals surface area contributed by atoms with E-state index in [1.165, 1.54) is 12.1 Å². The summed E-state index contributed by atoms with van der Waals surface area (Å²) in [5, 5.41) is 0. The Balaban J connectivity index is 2.57. The molecule has 1 nitrogen and oxygen atoms in total. The molecule has 1 aliphatic carbocycles. The van der Waals surface area contributed by atoms with Crippen LogP contribution >= 0.6 is 0 Å². The lowest BCUT2D eigenvalue weighted by atomic mass is 9.83. The lowest BCUT2D eigenvalue weighted by Gasteiger charge is -2.20. The third kappa shape index (κ3) is 1.37. The van der Waals surface area contributed by atoms with E-state index in [4.69, 9.17) is 0 Å². The van der Waals surface area contributed by atoms with Crippen molar-refractivity contribution >= 4 is 5.78 Å². The molecule has 1 aliphatic rings. The molecule has 1 aromatic carbocycles. The Hall–Kier alpha value is -1.18. The topological polar surface area (TPSA) is 17.1 Å². The number of ketones is 1. The zero-order valence-corrected chi connectivity index (χ0v) is 7.51. The molecule has 0 N–H and O–H groups in total. The van der Waals surface area contributed by atoms with E-state index in [0.717, 1.165) is 12.0 Å². The summed E-state index contributed by atoms with van der Waals surface area (Å²) in [6, 6.07) is 4.51. The van der Waals surface area contributed by atoms with E-state index in [9.17, 15) is 9.18 Å². The van der Waals surface area contributed by atoms with Crippen molar-refractivity contribution < 1.29 is 9.18 Å². The Labute approximate surface area is 76.6 Å². The molecule has 0 heterocycles. The van der Waals surface area contributed by atoms with Gasteiger partial charge in [0.2, 0.25) is 0 Å². The fraction of sp³-hybridized carbons (Fsp3) is 0.364. The molecule has 0 aliphatic heterocycles. The lowest BCUT2D eigenvalue weighted by molar-refractivity contribution is 0.0967. The van der Waals surface area contributed by atoms with Crippen LogP contribution in [0, 0.1) is 5.82 Å². The number of fused-ring (bicyclic) bond motifs is 1. The number of carbonyl (C=O) groups is 1. The van der Waals surface area contributed by atoms with Gasteiger partial charge in [0, 0.05) is 12.0 Å². The maximum Gasteiger partial charge on any atom is 0.163 e. The van der Waals surface area contributed by atoms with Gasteiger partial charge in [0.1, 0.15) is 5.82 Å². The summed E-state index contributed by atoms with van der Waals surface area (Å²) in [6.45, 7) is 2.07. The van der Waals surface area contributed by atoms with Crippen molar-refractivity contribution in [3.63, 3.8) is 0 Å². The van der Waals surface area contributed by atoms with Crippen LogP contribution in [0.3, 0.4) is 0 Å². The number of benzene rings is 1. The van der Waals surface area contributed by atoms with Gasteiger partial charge in [-0.3, -0.25) is 4.79 Å². The van der Waals surface area contributed by atoms with Crippen molar-refractivity contribution in [1.29, 1.82) is 0 Å². The number of halogens is 1. The molecule has 2 rings (SSSR count). The lowest BCUT2D eigenvalue weighted by Crippen LogP contribution is -2.13. The van der Waals surface area contributed by atoms with Crippen LogP contribution in [0.25, 0.3) is 0 Å². The molecule has 13 heavy (non-hydrogen) atoms. The second-order valence-corrected chi connectivity index (χ2v) is 3.59. The minimum atomic E-state index is -0.318. The summed E-state index contributed by atoms with van der Waals surface area (Å²) >= 11 is 0. The number of Topliss-reactive ketones (excluding diaryl/α,β-unsaturated/α-hetero) is 1. The molecule has 1 atom stereocenters. The highest BCUT2D eigenvalue weighted by molar-refractivity contribution is 5.98.